The summed E-state index contributed by atoms with van der Waals surface area (Å²) in [6.07, 6.45) is 8.74. The van der Waals surface area contributed by atoms with Crippen molar-refractivity contribution in [1.82, 2.24) is 19.4 Å². The Morgan fingerprint density at radius 3 is 2.73 bits per heavy atom. The number of fused-ring (bicyclic) bond motifs is 6. The van der Waals surface area contributed by atoms with Gasteiger partial charge in [-0.05, 0) is 63.4 Å². The van der Waals surface area contributed by atoms with E-state index in [2.05, 4.69) is 51.6 Å². The first-order valence-corrected chi connectivity index (χ1v) is 9.73. The lowest BCUT2D eigenvalue weighted by Gasteiger charge is -2.32. The van der Waals surface area contributed by atoms with Crippen LogP contribution in [0.1, 0.15) is 47.1 Å². The van der Waals surface area contributed by atoms with Crippen molar-refractivity contribution >= 4 is 10.9 Å². The molecule has 2 aromatic heterocycles. The summed E-state index contributed by atoms with van der Waals surface area (Å²) in [5.74, 6) is 0.840. The fourth-order valence-electron chi connectivity index (χ4n) is 5.01. The van der Waals surface area contributed by atoms with E-state index < -0.39 is 0 Å². The fourth-order valence-corrected chi connectivity index (χ4v) is 5.01. The van der Waals surface area contributed by atoms with Crippen molar-refractivity contribution in [2.45, 2.75) is 58.2 Å². The van der Waals surface area contributed by atoms with E-state index >= 15 is 0 Å². The molecule has 0 amide bonds. The lowest BCUT2D eigenvalue weighted by Crippen LogP contribution is -2.34. The second-order valence-electron chi connectivity index (χ2n) is 8.04. The van der Waals surface area contributed by atoms with Gasteiger partial charge < -0.3 is 4.57 Å². The number of hydrogen-bond donors (Lipinski definition) is 0. The molecule has 134 valence electrons. The van der Waals surface area contributed by atoms with E-state index in [1.54, 1.807) is 11.3 Å². The van der Waals surface area contributed by atoms with Crippen LogP contribution >= 0.6 is 0 Å². The Hall–Kier alpha value is -2.20. The highest BCUT2D eigenvalue weighted by Gasteiger charge is 2.40. The highest BCUT2D eigenvalue weighted by Crippen LogP contribution is 2.46. The molecule has 4 nitrogen and oxygen atoms in total. The fraction of sp³-hybridized carbons (Fsp3) is 0.455. The predicted octanol–water partition coefficient (Wildman–Crippen LogP) is 3.98. The van der Waals surface area contributed by atoms with Gasteiger partial charge in [0.15, 0.2) is 0 Å². The summed E-state index contributed by atoms with van der Waals surface area (Å²) in [6.45, 7) is 5.15. The third-order valence-electron chi connectivity index (χ3n) is 6.43. The van der Waals surface area contributed by atoms with E-state index in [9.17, 15) is 0 Å². The molecule has 0 radical (unpaired) electrons. The van der Waals surface area contributed by atoms with Gasteiger partial charge in [-0.2, -0.15) is 0 Å². The zero-order valence-electron chi connectivity index (χ0n) is 15.9. The molecule has 4 heteroatoms. The Morgan fingerprint density at radius 2 is 1.92 bits per heavy atom. The molecule has 3 aromatic rings. The van der Waals surface area contributed by atoms with Crippen LogP contribution in [-0.4, -0.2) is 32.5 Å². The molecule has 5 rings (SSSR count). The number of nitrogens with zero attached hydrogens (tertiary/aromatic N) is 4. The van der Waals surface area contributed by atoms with Gasteiger partial charge in [0.05, 0.1) is 0 Å². The van der Waals surface area contributed by atoms with Crippen LogP contribution in [0.25, 0.3) is 10.9 Å². The monoisotopic (exact) mass is 346 g/mol. The zero-order valence-corrected chi connectivity index (χ0v) is 15.9. The van der Waals surface area contributed by atoms with E-state index in [4.69, 9.17) is 0 Å². The van der Waals surface area contributed by atoms with Crippen molar-refractivity contribution in [2.75, 3.05) is 7.05 Å². The second kappa shape index (κ2) is 5.92. The molecule has 2 unspecified atom stereocenters. The Morgan fingerprint density at radius 1 is 1.12 bits per heavy atom. The van der Waals surface area contributed by atoms with Gasteiger partial charge in [0, 0.05) is 54.0 Å². The van der Waals surface area contributed by atoms with Gasteiger partial charge in [-0.3, -0.25) is 4.90 Å². The van der Waals surface area contributed by atoms with Crippen LogP contribution in [0.15, 0.2) is 30.6 Å². The number of hydrogen-bond acceptors (Lipinski definition) is 3. The predicted molar refractivity (Wildman–Crippen MR) is 104 cm³/mol. The molecule has 1 aromatic carbocycles. The minimum Gasteiger partial charge on any atom is -0.344 e. The molecule has 2 aliphatic heterocycles. The highest BCUT2D eigenvalue weighted by atomic mass is 15.2. The van der Waals surface area contributed by atoms with Crippen LogP contribution in [0, 0.1) is 13.8 Å². The summed E-state index contributed by atoms with van der Waals surface area (Å²) < 4.78 is 2.59. The maximum absolute atomic E-state index is 4.36. The van der Waals surface area contributed by atoms with Crippen LogP contribution in [0.3, 0.4) is 0 Å². The van der Waals surface area contributed by atoms with Crippen LogP contribution < -0.4 is 0 Å². The highest BCUT2D eigenvalue weighted by molar-refractivity contribution is 5.87. The van der Waals surface area contributed by atoms with Gasteiger partial charge in [0.25, 0.3) is 0 Å². The number of aryl methyl sites for hydroxylation is 4. The molecule has 0 aliphatic carbocycles. The van der Waals surface area contributed by atoms with E-state index in [1.807, 2.05) is 19.3 Å². The molecule has 2 aliphatic rings. The van der Waals surface area contributed by atoms with Crippen LogP contribution in [0.5, 0.6) is 0 Å². The first-order chi connectivity index (χ1) is 12.6. The van der Waals surface area contributed by atoms with Crippen molar-refractivity contribution in [3.8, 4) is 0 Å². The molecule has 1 saturated heterocycles. The van der Waals surface area contributed by atoms with Gasteiger partial charge in [0.1, 0.15) is 5.82 Å². The maximum Gasteiger partial charge on any atom is 0.125 e. The van der Waals surface area contributed by atoms with Gasteiger partial charge in [0.2, 0.25) is 0 Å². The smallest absolute Gasteiger partial charge is 0.125 e. The third-order valence-corrected chi connectivity index (χ3v) is 6.43. The molecule has 4 heterocycles. The van der Waals surface area contributed by atoms with E-state index in [1.165, 1.54) is 41.3 Å². The van der Waals surface area contributed by atoms with Gasteiger partial charge >= 0.3 is 0 Å². The lowest BCUT2D eigenvalue weighted by molar-refractivity contribution is 0.222. The number of rotatable bonds is 3. The third kappa shape index (κ3) is 2.39. The van der Waals surface area contributed by atoms with Gasteiger partial charge in [-0.15, -0.1) is 0 Å². The maximum atomic E-state index is 4.36. The minimum absolute atomic E-state index is 0.594. The Kier molecular flexibility index (Phi) is 3.64. The molecule has 0 saturated carbocycles. The summed E-state index contributed by atoms with van der Waals surface area (Å²) in [5, 5.41) is 1.47. The van der Waals surface area contributed by atoms with E-state index in [0.29, 0.717) is 12.1 Å². The number of benzene rings is 1. The summed E-state index contributed by atoms with van der Waals surface area (Å²) in [7, 11) is 2.31. The zero-order chi connectivity index (χ0) is 17.8. The average Bonchev–Trinajstić information content (AvgIpc) is 3.04. The van der Waals surface area contributed by atoms with Crippen LogP contribution in [0.2, 0.25) is 0 Å². The SMILES string of the molecule is Cc1ccc2c(c1)c1c(n2CCc2cnc(C)nc2)CC2CCC1N2C. The van der Waals surface area contributed by atoms with E-state index in [0.717, 1.165) is 18.8 Å². The molecule has 1 fully saturated rings. The molecular weight excluding hydrogens is 320 g/mol. The Bertz CT molecular complexity index is 970. The standard InChI is InChI=1S/C22H26N4/c1-14-4-6-19-18(10-14)22-20-7-5-17(25(20)3)11-21(22)26(19)9-8-16-12-23-15(2)24-13-16/h4,6,10,12-13,17,20H,5,7-9,11H2,1-3H3. The largest absolute Gasteiger partial charge is 0.344 e. The van der Waals surface area contributed by atoms with E-state index in [-0.39, 0.29) is 0 Å². The van der Waals surface area contributed by atoms with Gasteiger partial charge in [-0.25, -0.2) is 9.97 Å². The second-order valence-corrected chi connectivity index (χ2v) is 8.04. The molecular formula is C22H26N4. The summed E-state index contributed by atoms with van der Waals surface area (Å²) in [4.78, 5) is 11.3. The summed E-state index contributed by atoms with van der Waals surface area (Å²) >= 11 is 0. The van der Waals surface area contributed by atoms with Crippen molar-refractivity contribution in [3.63, 3.8) is 0 Å². The molecule has 2 bridgehead atoms. The average molecular weight is 346 g/mol. The number of aromatic nitrogens is 3. The van der Waals surface area contributed by atoms with Crippen molar-refractivity contribution in [1.29, 1.82) is 0 Å². The lowest BCUT2D eigenvalue weighted by atomic mass is 9.97. The normalized spacial score (nSPS) is 22.1. The molecule has 26 heavy (non-hydrogen) atoms. The van der Waals surface area contributed by atoms with Crippen molar-refractivity contribution in [2.24, 2.45) is 0 Å². The molecule has 2 atom stereocenters. The first kappa shape index (κ1) is 16.0. The topological polar surface area (TPSA) is 34.0 Å². The summed E-state index contributed by atoms with van der Waals surface area (Å²) in [5.41, 5.74) is 7.14. The van der Waals surface area contributed by atoms with Crippen LogP contribution in [-0.2, 0) is 19.4 Å². The Balaban J connectivity index is 1.59. The first-order valence-electron chi connectivity index (χ1n) is 9.73. The van der Waals surface area contributed by atoms with Crippen molar-refractivity contribution < 1.29 is 0 Å². The number of likely N-dealkylation sites (N-methyl/N-ethyl adjacent to an activating group) is 1. The van der Waals surface area contributed by atoms with Gasteiger partial charge in [-0.1, -0.05) is 11.6 Å². The molecule has 0 N–H and O–H groups in total. The van der Waals surface area contributed by atoms with Crippen LogP contribution in [0.4, 0.5) is 0 Å². The Labute approximate surface area is 154 Å². The quantitative estimate of drug-likeness (QED) is 0.719. The van der Waals surface area contributed by atoms with Crippen molar-refractivity contribution in [3.05, 3.63) is 58.8 Å². The minimum atomic E-state index is 0.594. The summed E-state index contributed by atoms with van der Waals surface area (Å²) in [6, 6.07) is 8.27. The molecule has 0 spiro atoms.